The molecule has 5 nitrogen and oxygen atoms in total. The molecule has 0 aliphatic carbocycles. The molecule has 0 aliphatic rings. The highest BCUT2D eigenvalue weighted by molar-refractivity contribution is 5.20. The van der Waals surface area contributed by atoms with Crippen molar-refractivity contribution in [3.05, 3.63) is 40.8 Å². The van der Waals surface area contributed by atoms with Crippen LogP contribution in [0.4, 0.5) is 0 Å². The van der Waals surface area contributed by atoms with Crippen LogP contribution >= 0.6 is 0 Å². The molecule has 92 valence electrons. The zero-order chi connectivity index (χ0) is 12.7. The molecule has 1 unspecified atom stereocenters. The summed E-state index contributed by atoms with van der Waals surface area (Å²) in [5.41, 5.74) is 8.08. The number of nitrogens with zero attached hydrogens (tertiary/aromatic N) is 3. The second kappa shape index (κ2) is 6.13. The van der Waals surface area contributed by atoms with Crippen molar-refractivity contribution < 1.29 is 9.47 Å². The van der Waals surface area contributed by atoms with Crippen molar-refractivity contribution >= 4 is 0 Å². The van der Waals surface area contributed by atoms with Gasteiger partial charge in [0.05, 0.1) is 5.60 Å². The predicted octanol–water partition coefficient (Wildman–Crippen LogP) is 3.52. The van der Waals surface area contributed by atoms with Crippen LogP contribution in [0.3, 0.4) is 0 Å². The molecule has 1 aromatic carbocycles. The number of ether oxygens (including phenoxy) is 2. The minimum absolute atomic E-state index is 0.200. The molecule has 1 rings (SSSR count). The summed E-state index contributed by atoms with van der Waals surface area (Å²) >= 11 is 0. The molecule has 0 amide bonds. The smallest absolute Gasteiger partial charge is 0.171 e. The Bertz CT molecular complexity index is 380. The van der Waals surface area contributed by atoms with Gasteiger partial charge in [-0.05, 0) is 38.4 Å². The van der Waals surface area contributed by atoms with Crippen molar-refractivity contribution in [3.8, 4) is 5.75 Å². The fraction of sp³-hybridized carbons (Fsp3) is 0.500. The average Bonchev–Trinajstić information content (AvgIpc) is 2.26. The van der Waals surface area contributed by atoms with Crippen LogP contribution in [0.15, 0.2) is 35.4 Å². The van der Waals surface area contributed by atoms with Crippen molar-refractivity contribution in [2.45, 2.75) is 32.6 Å². The number of hydrogen-bond acceptors (Lipinski definition) is 3. The minimum Gasteiger partial charge on any atom is -0.491 e. The van der Waals surface area contributed by atoms with Crippen molar-refractivity contribution in [2.75, 3.05) is 6.61 Å². The van der Waals surface area contributed by atoms with E-state index in [9.17, 15) is 0 Å². The Labute approximate surface area is 101 Å². The van der Waals surface area contributed by atoms with Gasteiger partial charge in [0.1, 0.15) is 12.4 Å². The normalized spacial score (nSPS) is 12.6. The minimum atomic E-state index is -0.625. The predicted molar refractivity (Wildman–Crippen MR) is 65.7 cm³/mol. The highest BCUT2D eigenvalue weighted by Gasteiger charge is 2.18. The molecule has 0 spiro atoms. The SMILES string of the molecule is CC(C)(C)OC(COc1ccccc1)N=[N+]=[N-]. The summed E-state index contributed by atoms with van der Waals surface area (Å²) in [5.74, 6) is 0.725. The van der Waals surface area contributed by atoms with Gasteiger partial charge in [-0.3, -0.25) is 0 Å². The van der Waals surface area contributed by atoms with E-state index < -0.39 is 6.23 Å². The average molecular weight is 235 g/mol. The lowest BCUT2D eigenvalue weighted by molar-refractivity contribution is -0.0723. The molecule has 17 heavy (non-hydrogen) atoms. The van der Waals surface area contributed by atoms with Gasteiger partial charge in [-0.15, -0.1) is 0 Å². The van der Waals surface area contributed by atoms with E-state index in [0.717, 1.165) is 5.75 Å². The van der Waals surface area contributed by atoms with Gasteiger partial charge in [-0.1, -0.05) is 23.3 Å². The third kappa shape index (κ3) is 5.80. The van der Waals surface area contributed by atoms with Crippen LogP contribution in [-0.4, -0.2) is 18.4 Å². The fourth-order valence-corrected chi connectivity index (χ4v) is 1.24. The van der Waals surface area contributed by atoms with Crippen LogP contribution in [0.2, 0.25) is 0 Å². The van der Waals surface area contributed by atoms with Crippen molar-refractivity contribution in [1.29, 1.82) is 0 Å². The molecule has 0 aromatic heterocycles. The fourth-order valence-electron chi connectivity index (χ4n) is 1.24. The van der Waals surface area contributed by atoms with E-state index in [-0.39, 0.29) is 12.2 Å². The van der Waals surface area contributed by atoms with Crippen LogP contribution in [0.5, 0.6) is 5.75 Å². The van der Waals surface area contributed by atoms with Gasteiger partial charge in [0.2, 0.25) is 0 Å². The quantitative estimate of drug-likeness (QED) is 0.445. The van der Waals surface area contributed by atoms with Crippen LogP contribution in [-0.2, 0) is 4.74 Å². The van der Waals surface area contributed by atoms with Crippen LogP contribution in [0, 0.1) is 0 Å². The van der Waals surface area contributed by atoms with E-state index in [0.29, 0.717) is 0 Å². The second-order valence-electron chi connectivity index (χ2n) is 4.51. The Balaban J connectivity index is 2.53. The Morgan fingerprint density at radius 1 is 1.29 bits per heavy atom. The lowest BCUT2D eigenvalue weighted by atomic mass is 10.2. The number of benzene rings is 1. The molecule has 0 N–H and O–H groups in total. The van der Waals surface area contributed by atoms with E-state index in [2.05, 4.69) is 10.0 Å². The molecule has 5 heteroatoms. The first-order valence-electron chi connectivity index (χ1n) is 5.41. The maximum atomic E-state index is 8.45. The summed E-state index contributed by atoms with van der Waals surface area (Å²) in [6.45, 7) is 5.89. The number of rotatable bonds is 5. The van der Waals surface area contributed by atoms with E-state index in [1.54, 1.807) is 0 Å². The first-order valence-corrected chi connectivity index (χ1v) is 5.41. The van der Waals surface area contributed by atoms with E-state index in [4.69, 9.17) is 15.0 Å². The Kier molecular flexibility index (Phi) is 4.82. The van der Waals surface area contributed by atoms with Gasteiger partial charge in [-0.25, -0.2) is 0 Å². The zero-order valence-corrected chi connectivity index (χ0v) is 10.3. The molecule has 1 aromatic rings. The highest BCUT2D eigenvalue weighted by atomic mass is 16.6. The molecule has 0 bridgehead atoms. The van der Waals surface area contributed by atoms with Crippen molar-refractivity contribution in [2.24, 2.45) is 5.11 Å². The van der Waals surface area contributed by atoms with Gasteiger partial charge in [0.15, 0.2) is 6.23 Å². The lowest BCUT2D eigenvalue weighted by Gasteiger charge is -2.24. The third-order valence-electron chi connectivity index (χ3n) is 1.81. The van der Waals surface area contributed by atoms with Gasteiger partial charge in [-0.2, -0.15) is 0 Å². The topological polar surface area (TPSA) is 67.2 Å². The summed E-state index contributed by atoms with van der Waals surface area (Å²) in [6.07, 6.45) is -0.625. The molecule has 0 saturated carbocycles. The van der Waals surface area contributed by atoms with Crippen LogP contribution < -0.4 is 4.74 Å². The lowest BCUT2D eigenvalue weighted by Crippen LogP contribution is -2.30. The Hall–Kier alpha value is -1.71. The monoisotopic (exact) mass is 235 g/mol. The Morgan fingerprint density at radius 2 is 1.94 bits per heavy atom. The molecule has 0 radical (unpaired) electrons. The molecule has 0 heterocycles. The first-order chi connectivity index (χ1) is 8.01. The van der Waals surface area contributed by atoms with Gasteiger partial charge in [0, 0.05) is 4.91 Å². The second-order valence-corrected chi connectivity index (χ2v) is 4.51. The van der Waals surface area contributed by atoms with Crippen LogP contribution in [0.1, 0.15) is 20.8 Å². The summed E-state index contributed by atoms with van der Waals surface area (Å²) in [7, 11) is 0. The number of hydrogen-bond donors (Lipinski definition) is 0. The Morgan fingerprint density at radius 3 is 2.47 bits per heavy atom. The first kappa shape index (κ1) is 13.4. The molecule has 0 saturated heterocycles. The van der Waals surface area contributed by atoms with Gasteiger partial charge in [0.25, 0.3) is 0 Å². The highest BCUT2D eigenvalue weighted by Crippen LogP contribution is 2.14. The molecule has 1 atom stereocenters. The zero-order valence-electron chi connectivity index (χ0n) is 10.3. The largest absolute Gasteiger partial charge is 0.491 e. The summed E-state index contributed by atoms with van der Waals surface area (Å²) < 4.78 is 11.0. The molecule has 0 aliphatic heterocycles. The van der Waals surface area contributed by atoms with Gasteiger partial charge >= 0.3 is 0 Å². The van der Waals surface area contributed by atoms with Crippen LogP contribution in [0.25, 0.3) is 10.4 Å². The molecule has 0 fully saturated rings. The number of azide groups is 1. The van der Waals surface area contributed by atoms with E-state index in [1.165, 1.54) is 0 Å². The summed E-state index contributed by atoms with van der Waals surface area (Å²) in [4.78, 5) is 2.75. The maximum absolute atomic E-state index is 8.45. The summed E-state index contributed by atoms with van der Waals surface area (Å²) in [5, 5.41) is 3.56. The number of para-hydroxylation sites is 1. The van der Waals surface area contributed by atoms with Crippen molar-refractivity contribution in [1.82, 2.24) is 0 Å². The van der Waals surface area contributed by atoms with E-state index in [1.807, 2.05) is 51.1 Å². The molecular formula is C12H17N3O2. The van der Waals surface area contributed by atoms with Gasteiger partial charge < -0.3 is 9.47 Å². The van der Waals surface area contributed by atoms with E-state index >= 15 is 0 Å². The summed E-state index contributed by atoms with van der Waals surface area (Å²) in [6, 6.07) is 9.34. The third-order valence-corrected chi connectivity index (χ3v) is 1.81. The molecular weight excluding hydrogens is 218 g/mol. The standard InChI is InChI=1S/C12H17N3O2/c1-12(2,3)17-11(14-15-13)9-16-10-7-5-4-6-8-10/h4-8,11H,9H2,1-3H3. The maximum Gasteiger partial charge on any atom is 0.171 e. The van der Waals surface area contributed by atoms with Crippen molar-refractivity contribution in [3.63, 3.8) is 0 Å².